The maximum absolute atomic E-state index is 13.8. The second kappa shape index (κ2) is 53.2. The molecule has 4 aromatic carbocycles. The molecular formula is C110H164Cl3NO28. The zero-order valence-electron chi connectivity index (χ0n) is 87.5. The Kier molecular flexibility index (Phi) is 42.8. The van der Waals surface area contributed by atoms with Crippen molar-refractivity contribution in [2.45, 2.75) is 400 Å². The number of alkyl halides is 3. The molecule has 2 N–H and O–H groups in total. The monoisotopic (exact) mass is 2050 g/mol. The van der Waals surface area contributed by atoms with E-state index in [0.29, 0.717) is 51.9 Å². The SMILES string of the molecule is CCC1O[C@@H](O[C@@H]2C(OCc3ccccc3)[C@H](O[C@@H]3C(CC)O[C@@H](O[C@@H]4C(CC)O[C@@H](OCc5ccccc5)C(NC(=O)OCC(Cl)(Cl)Cl)[C@H]4C)C(C)[C@H]3C)OC(CO[C@H]3OC(CO)[C@@H](C)[C@H](C)C3O[C@@H]3OC(CC)[C@@H](O[C@@H]4OC(COC(C)=O)[C@H](C)[C@H](C)C4OC(C)=O)[C@H](C)C3C)[C@H]2C)[C@@H](O[C@@H]2OC(CC)[C@@H](O[C@@H]3OC(COCc4ccccc4)[C@H](C)[C@H](C)C3OCc3ccccc3)[C@H](C)C2C)C(C)[C@H]1C. The molecule has 0 spiro atoms. The summed E-state index contributed by atoms with van der Waals surface area (Å²) in [5, 5.41) is 14.3. The number of nitrogens with one attached hydrogen (secondary N) is 1. The molecule has 9 fully saturated rings. The first-order chi connectivity index (χ1) is 67.9. The molecule has 0 saturated carbocycles. The number of hydrogen-bond donors (Lipinski definition) is 2. The first kappa shape index (κ1) is 114. The van der Waals surface area contributed by atoms with Crippen LogP contribution in [0.2, 0.25) is 0 Å². The lowest BCUT2D eigenvalue weighted by molar-refractivity contribution is -0.391. The number of esters is 2. The first-order valence-corrected chi connectivity index (χ1v) is 53.7. The lowest BCUT2D eigenvalue weighted by Crippen LogP contribution is -2.64. The number of halogens is 3. The number of carbonyl (C=O) groups is 3. The average Bonchev–Trinajstić information content (AvgIpc) is 0.759. The van der Waals surface area contributed by atoms with E-state index in [-0.39, 0.29) is 128 Å². The molecule has 0 radical (unpaired) electrons. The smallest absolute Gasteiger partial charge is 0.407 e. The molecule has 0 bridgehead atoms. The predicted octanol–water partition coefficient (Wildman–Crippen LogP) is 19.0. The van der Waals surface area contributed by atoms with Crippen molar-refractivity contribution in [3.63, 3.8) is 0 Å². The molecule has 45 atom stereocenters. The zero-order chi connectivity index (χ0) is 102. The van der Waals surface area contributed by atoms with Gasteiger partial charge in [0.1, 0.15) is 37.6 Å². The summed E-state index contributed by atoms with van der Waals surface area (Å²) in [7, 11) is 0. The van der Waals surface area contributed by atoms with Crippen LogP contribution in [0.4, 0.5) is 4.79 Å². The molecule has 13 rings (SSSR count). The second-order valence-electron chi connectivity index (χ2n) is 42.0. The van der Waals surface area contributed by atoms with Crippen molar-refractivity contribution in [2.75, 3.05) is 33.0 Å². The minimum absolute atomic E-state index is 0.00372. The topological polar surface area (TPSA) is 305 Å². The molecule has 9 heterocycles. The van der Waals surface area contributed by atoms with Crippen molar-refractivity contribution in [2.24, 2.45) is 94.7 Å². The molecule has 4 aromatic rings. The van der Waals surface area contributed by atoms with Crippen molar-refractivity contribution in [3.05, 3.63) is 144 Å². The number of aliphatic hydroxyl groups is 1. The van der Waals surface area contributed by atoms with E-state index in [1.165, 1.54) is 13.8 Å². The number of carbonyl (C=O) groups excluding carboxylic acids is 3. The Hall–Kier alpha value is -4.92. The van der Waals surface area contributed by atoms with Crippen LogP contribution in [0.15, 0.2) is 121 Å². The van der Waals surface area contributed by atoms with Crippen LogP contribution in [0.3, 0.4) is 0 Å². The lowest BCUT2D eigenvalue weighted by atomic mass is 9.81. The number of hydrogen-bond acceptors (Lipinski definition) is 28. The summed E-state index contributed by atoms with van der Waals surface area (Å²) in [6.45, 7) is 47.4. The Morgan fingerprint density at radius 3 is 1.06 bits per heavy atom. The molecule has 142 heavy (non-hydrogen) atoms. The highest BCUT2D eigenvalue weighted by Crippen LogP contribution is 2.50. The molecule has 29 nitrogen and oxygen atoms in total. The van der Waals surface area contributed by atoms with E-state index in [1.807, 2.05) is 139 Å². The molecule has 1 amide bonds. The second-order valence-corrected chi connectivity index (χ2v) is 44.5. The summed E-state index contributed by atoms with van der Waals surface area (Å²) >= 11 is 18.3. The van der Waals surface area contributed by atoms with E-state index in [9.17, 15) is 19.5 Å². The number of aliphatic hydroxyl groups excluding tert-OH is 1. The quantitative estimate of drug-likeness (QED) is 0.0237. The lowest BCUT2D eigenvalue weighted by Gasteiger charge is -2.53. The third-order valence-corrected chi connectivity index (χ3v) is 33.1. The van der Waals surface area contributed by atoms with E-state index < -0.39 is 207 Å². The fraction of sp³-hybridized carbons (Fsp3) is 0.755. The Balaban J connectivity index is 0.812. The van der Waals surface area contributed by atoms with Crippen LogP contribution < -0.4 is 5.32 Å². The Morgan fingerprint density at radius 2 is 0.620 bits per heavy atom. The maximum atomic E-state index is 13.8. The first-order valence-electron chi connectivity index (χ1n) is 52.5. The van der Waals surface area contributed by atoms with Crippen LogP contribution in [0.1, 0.15) is 214 Å². The van der Waals surface area contributed by atoms with Crippen LogP contribution in [0.5, 0.6) is 0 Å². The van der Waals surface area contributed by atoms with E-state index in [0.717, 1.165) is 22.3 Å². The Morgan fingerprint density at radius 1 is 0.296 bits per heavy atom. The normalized spacial score (nSPS) is 41.1. The van der Waals surface area contributed by atoms with Gasteiger partial charge in [-0.3, -0.25) is 9.59 Å². The van der Waals surface area contributed by atoms with Gasteiger partial charge in [0.05, 0.1) is 138 Å². The van der Waals surface area contributed by atoms with Gasteiger partial charge in [0.25, 0.3) is 0 Å². The molecule has 798 valence electrons. The highest BCUT2D eigenvalue weighted by atomic mass is 35.6. The fourth-order valence-electron chi connectivity index (χ4n) is 22.1. The zero-order valence-corrected chi connectivity index (χ0v) is 89.8. The number of benzene rings is 4. The van der Waals surface area contributed by atoms with Gasteiger partial charge in [-0.05, 0) is 114 Å². The highest BCUT2D eigenvalue weighted by molar-refractivity contribution is 6.67. The van der Waals surface area contributed by atoms with E-state index in [4.69, 9.17) is 148 Å². The predicted molar refractivity (Wildman–Crippen MR) is 531 cm³/mol. The summed E-state index contributed by atoms with van der Waals surface area (Å²) < 4.78 is 167. The minimum atomic E-state index is -1.87. The fourth-order valence-corrected chi connectivity index (χ4v) is 22.2. The van der Waals surface area contributed by atoms with Gasteiger partial charge < -0.3 is 124 Å². The molecule has 9 saturated heterocycles. The summed E-state index contributed by atoms with van der Waals surface area (Å²) in [5.74, 6) is -4.60. The van der Waals surface area contributed by atoms with Crippen molar-refractivity contribution < 1.29 is 133 Å². The standard InChI is InChI=1S/C110H164Cl3NO28/c1-24-80-58(6)63(11)98(142-102-71(19)67(15)90(81(25-2)130-102)137-105-95(121-51-77-43-35-30-36-44-77)62(10)60(8)86(133-105)54-119-50-76-41-33-29-34-42-76)107(127-80)140-94-72(20)88(56-124-104-96(64(12)59(7)85(49-115)132-104)141-101-70(18)68(16)91(82(26-3)129-101)138-106-97(126-75(23)117)65(13)61(9)87(134-106)55-120-74(22)116)135-108(99(94)122-52-78-45-37-31-38-46-78)139-92-66(14)69(17)100(128-83(92)27-4)136-93-73(21)89(114-109(118)125-57-110(111,112)113)103(131-84(93)28-5)123-53-79-47-39-32-40-48-79/h29-48,58-73,80-108,115H,24-28,49-57H2,1-23H3,(H,114,118)/t58-,59+,60-,61-,62+,63?,64+,65+,66-,67-,68-,69?,70?,71?,72-,73-,80?,81?,82?,83?,84?,85?,86?,87?,88?,89?,90+,91+,92+,93+,94+,95?,96?,97?,98+,99?,100+,101+,102+,103-,104+,105+,106+,107+,108+/m1/s1. The molecule has 0 aliphatic carbocycles. The number of ether oxygens (including phenoxy) is 24. The number of rotatable bonds is 41. The van der Waals surface area contributed by atoms with Gasteiger partial charge in [0.15, 0.2) is 62.7 Å². The van der Waals surface area contributed by atoms with Gasteiger partial charge >= 0.3 is 18.0 Å². The van der Waals surface area contributed by atoms with Crippen LogP contribution in [-0.4, -0.2) is 239 Å². The van der Waals surface area contributed by atoms with Crippen molar-refractivity contribution >= 4 is 52.8 Å². The van der Waals surface area contributed by atoms with Crippen molar-refractivity contribution in [1.82, 2.24) is 5.32 Å². The summed E-state index contributed by atoms with van der Waals surface area (Å²) in [6, 6.07) is 39.2. The molecule has 9 aliphatic heterocycles. The average molecular weight is 2050 g/mol. The van der Waals surface area contributed by atoms with Crippen molar-refractivity contribution in [3.8, 4) is 0 Å². The molecule has 32 heteroatoms. The number of alkyl carbamates (subject to hydrolysis) is 1. The molecular weight excluding hydrogens is 1890 g/mol. The van der Waals surface area contributed by atoms with E-state index in [1.54, 1.807) is 0 Å². The highest BCUT2D eigenvalue weighted by Gasteiger charge is 2.59. The molecule has 0 aromatic heterocycles. The van der Waals surface area contributed by atoms with Crippen LogP contribution in [0.25, 0.3) is 0 Å². The minimum Gasteiger partial charge on any atom is -0.463 e. The Bertz CT molecular complexity index is 4400. The summed E-state index contributed by atoms with van der Waals surface area (Å²) in [6.07, 6.45) is -18.4. The largest absolute Gasteiger partial charge is 0.463 e. The maximum Gasteiger partial charge on any atom is 0.407 e. The van der Waals surface area contributed by atoms with Gasteiger partial charge in [-0.1, -0.05) is 302 Å². The molecule has 18 unspecified atom stereocenters. The van der Waals surface area contributed by atoms with Gasteiger partial charge in [0.2, 0.25) is 3.79 Å². The van der Waals surface area contributed by atoms with E-state index >= 15 is 0 Å². The van der Waals surface area contributed by atoms with Crippen LogP contribution in [-0.2, 0) is 150 Å². The summed E-state index contributed by atoms with van der Waals surface area (Å²) in [5.41, 5.74) is 3.92. The van der Waals surface area contributed by atoms with Crippen LogP contribution >= 0.6 is 34.8 Å². The third kappa shape index (κ3) is 28.5. The van der Waals surface area contributed by atoms with E-state index in [2.05, 4.69) is 133 Å². The van der Waals surface area contributed by atoms with Crippen molar-refractivity contribution in [1.29, 1.82) is 0 Å². The van der Waals surface area contributed by atoms with Gasteiger partial charge in [-0.2, -0.15) is 0 Å². The molecule has 9 aliphatic rings. The van der Waals surface area contributed by atoms with Gasteiger partial charge in [-0.25, -0.2) is 4.79 Å². The van der Waals surface area contributed by atoms with Crippen LogP contribution in [0, 0.1) is 94.7 Å². The van der Waals surface area contributed by atoms with Gasteiger partial charge in [0, 0.05) is 49.4 Å². The third-order valence-electron chi connectivity index (χ3n) is 32.7. The Labute approximate surface area is 857 Å². The van der Waals surface area contributed by atoms with Gasteiger partial charge in [-0.15, -0.1) is 0 Å². The number of amides is 1. The summed E-state index contributed by atoms with van der Waals surface area (Å²) in [4.78, 5) is 38.8.